The van der Waals surface area contributed by atoms with E-state index >= 15 is 0 Å². The van der Waals surface area contributed by atoms with E-state index in [1.54, 1.807) is 36.2 Å². The summed E-state index contributed by atoms with van der Waals surface area (Å²) >= 11 is 0. The van der Waals surface area contributed by atoms with E-state index in [2.05, 4.69) is 61.8 Å². The smallest absolute Gasteiger partial charge is 0.202 e. The van der Waals surface area contributed by atoms with Gasteiger partial charge in [0.1, 0.15) is 0 Å². The van der Waals surface area contributed by atoms with Crippen molar-refractivity contribution < 1.29 is 16.8 Å². The Labute approximate surface area is 300 Å². The number of hydrogen-bond acceptors (Lipinski definition) is 10. The molecule has 5 heterocycles. The van der Waals surface area contributed by atoms with E-state index in [4.69, 9.17) is 0 Å². The summed E-state index contributed by atoms with van der Waals surface area (Å²) in [5, 5.41) is 4.84. The lowest BCUT2D eigenvalue weighted by molar-refractivity contribution is 0.333. The first-order chi connectivity index (χ1) is 24.7. The molecule has 6 unspecified atom stereocenters. The van der Waals surface area contributed by atoms with Crippen LogP contribution in [0.2, 0.25) is 0 Å². The molecule has 5 aliphatic heterocycles. The fourth-order valence-electron chi connectivity index (χ4n) is 9.08. The molecule has 0 radical (unpaired) electrons. The molecule has 0 aliphatic carbocycles. The summed E-state index contributed by atoms with van der Waals surface area (Å²) in [6.07, 6.45) is 3.41. The lowest BCUT2D eigenvalue weighted by Crippen LogP contribution is -2.48. The highest BCUT2D eigenvalue weighted by atomic mass is 32.2. The average molecular weight is 723 g/mol. The molecule has 0 saturated carbocycles. The largest absolute Gasteiger partial charge is 0.336 e. The van der Waals surface area contributed by atoms with Gasteiger partial charge in [0.25, 0.3) is 0 Å². The van der Waals surface area contributed by atoms with E-state index in [1.165, 1.54) is 28.7 Å². The molecule has 2 N–H and O–H groups in total. The maximum atomic E-state index is 13.9. The van der Waals surface area contributed by atoms with Crippen LogP contribution in [0.1, 0.15) is 35.8 Å². The van der Waals surface area contributed by atoms with Gasteiger partial charge < -0.3 is 20.4 Å². The summed E-state index contributed by atoms with van der Waals surface area (Å²) in [6, 6.07) is 31.6. The molecule has 5 aliphatic rings. The fraction of sp³-hybridized carbons (Fsp3) is 0.359. The first-order valence-electron chi connectivity index (χ1n) is 17.8. The minimum Gasteiger partial charge on any atom is -0.336 e. The van der Waals surface area contributed by atoms with Gasteiger partial charge in [-0.1, -0.05) is 36.4 Å². The molecule has 264 valence electrons. The molecule has 4 aromatic carbocycles. The molecule has 0 bridgehead atoms. The van der Waals surface area contributed by atoms with Crippen LogP contribution in [0, 0.1) is 0 Å². The second-order valence-electron chi connectivity index (χ2n) is 14.4. The molecule has 2 saturated heterocycles. The maximum Gasteiger partial charge on any atom is 0.202 e. The standard InChI is InChI=1S/C39H42N6O4S2/c1-43-25-38(50(46,47)28-14-10-26(11-15-28)44-34-8-4-2-6-30(34)32-18-20-40-22-36(32)44)42-24-39(43)51(48,49)29-16-12-27(13-17-29)45-35-9-5-3-7-31(35)33-19-21-41-23-37(33)45/h2-17,24,32-33,36-41H,18-23,25H2,1H3. The lowest BCUT2D eigenvalue weighted by atomic mass is 9.89. The van der Waals surface area contributed by atoms with Gasteiger partial charge in [-0.2, -0.15) is 0 Å². The zero-order chi connectivity index (χ0) is 34.9. The predicted octanol–water partition coefficient (Wildman–Crippen LogP) is 4.80. The topological polar surface area (TPSA) is 114 Å². The fourth-order valence-corrected chi connectivity index (χ4v) is 12.2. The highest BCUT2D eigenvalue weighted by Gasteiger charge is 2.43. The number of hydrogen-bond donors (Lipinski definition) is 2. The number of benzene rings is 4. The second kappa shape index (κ2) is 12.6. The van der Waals surface area contributed by atoms with Crippen molar-refractivity contribution in [1.29, 1.82) is 0 Å². The number of sulfone groups is 2. The molecule has 10 nitrogen and oxygen atoms in total. The van der Waals surface area contributed by atoms with Crippen molar-refractivity contribution in [3.8, 4) is 0 Å². The third-order valence-corrected chi connectivity index (χ3v) is 15.5. The Morgan fingerprint density at radius 2 is 1.10 bits per heavy atom. The number of rotatable bonds is 6. The first kappa shape index (κ1) is 32.8. The molecule has 0 spiro atoms. The molecular formula is C39H42N6O4S2. The van der Waals surface area contributed by atoms with Crippen molar-refractivity contribution in [3.05, 3.63) is 108 Å². The minimum absolute atomic E-state index is 0.0435. The Hall–Kier alpha value is -4.07. The minimum atomic E-state index is -3.88. The van der Waals surface area contributed by atoms with Crippen LogP contribution in [0.5, 0.6) is 0 Å². The van der Waals surface area contributed by atoms with Gasteiger partial charge in [0.2, 0.25) is 9.84 Å². The van der Waals surface area contributed by atoms with Gasteiger partial charge in [0.05, 0.1) is 21.9 Å². The summed E-state index contributed by atoms with van der Waals surface area (Å²) in [4.78, 5) is 10.9. The van der Waals surface area contributed by atoms with Gasteiger partial charge in [-0.25, -0.2) is 16.8 Å². The number of nitrogens with zero attached hydrogens (tertiary/aromatic N) is 4. The van der Waals surface area contributed by atoms with Crippen LogP contribution in [0.4, 0.5) is 22.7 Å². The maximum absolute atomic E-state index is 13.9. The molecule has 6 atom stereocenters. The zero-order valence-corrected chi connectivity index (χ0v) is 30.1. The SMILES string of the molecule is CN1CC(S(=O)(=O)c2ccc(N3c4ccccc4C4CCNCC43)cc2)N=CC1S(=O)(=O)c1ccc(N2c3ccccc3C3CCNCC32)cc1. The van der Waals surface area contributed by atoms with Crippen LogP contribution < -0.4 is 20.4 Å². The molecule has 0 amide bonds. The quantitative estimate of drug-likeness (QED) is 0.290. The van der Waals surface area contributed by atoms with Gasteiger partial charge >= 0.3 is 0 Å². The Bertz CT molecular complexity index is 2210. The van der Waals surface area contributed by atoms with Crippen molar-refractivity contribution in [3.63, 3.8) is 0 Å². The molecular weight excluding hydrogens is 681 g/mol. The number of aliphatic imine (C=N–C) groups is 1. The van der Waals surface area contributed by atoms with E-state index in [9.17, 15) is 16.8 Å². The molecule has 12 heteroatoms. The number of piperidine rings is 2. The van der Waals surface area contributed by atoms with Crippen LogP contribution in [0.15, 0.2) is 112 Å². The van der Waals surface area contributed by atoms with E-state index in [-0.39, 0.29) is 28.4 Å². The summed E-state index contributed by atoms with van der Waals surface area (Å²) in [6.45, 7) is 3.65. The predicted molar refractivity (Wildman–Crippen MR) is 201 cm³/mol. The van der Waals surface area contributed by atoms with Gasteiger partial charge in [-0.3, -0.25) is 9.89 Å². The Balaban J connectivity index is 0.929. The molecule has 9 rings (SSSR count). The van der Waals surface area contributed by atoms with Gasteiger partial charge in [0, 0.05) is 60.4 Å². The summed E-state index contributed by atoms with van der Waals surface area (Å²) in [5.74, 6) is 0.870. The van der Waals surface area contributed by atoms with Crippen molar-refractivity contribution >= 4 is 48.6 Å². The average Bonchev–Trinajstić information content (AvgIpc) is 3.68. The van der Waals surface area contributed by atoms with Crippen LogP contribution in [0.3, 0.4) is 0 Å². The third kappa shape index (κ3) is 5.33. The second-order valence-corrected chi connectivity index (χ2v) is 18.5. The van der Waals surface area contributed by atoms with Crippen molar-refractivity contribution in [1.82, 2.24) is 15.5 Å². The number of nitrogens with one attached hydrogen (secondary N) is 2. The van der Waals surface area contributed by atoms with Crippen LogP contribution >= 0.6 is 0 Å². The van der Waals surface area contributed by atoms with E-state index in [0.717, 1.165) is 50.4 Å². The van der Waals surface area contributed by atoms with Gasteiger partial charge in [-0.05, 0) is 105 Å². The van der Waals surface area contributed by atoms with Crippen molar-refractivity contribution in [2.45, 2.75) is 57.3 Å². The van der Waals surface area contributed by atoms with Crippen LogP contribution in [0.25, 0.3) is 0 Å². The van der Waals surface area contributed by atoms with Crippen molar-refractivity contribution in [2.24, 2.45) is 4.99 Å². The van der Waals surface area contributed by atoms with Crippen LogP contribution in [-0.2, 0) is 19.7 Å². The Morgan fingerprint density at radius 1 is 0.627 bits per heavy atom. The van der Waals surface area contributed by atoms with E-state index in [1.807, 2.05) is 36.4 Å². The van der Waals surface area contributed by atoms with E-state index in [0.29, 0.717) is 11.8 Å². The normalized spacial score (nSPS) is 27.5. The molecule has 0 aromatic heterocycles. The summed E-state index contributed by atoms with van der Waals surface area (Å²) < 4.78 is 55.5. The summed E-state index contributed by atoms with van der Waals surface area (Å²) in [7, 11) is -6.11. The molecule has 51 heavy (non-hydrogen) atoms. The molecule has 4 aromatic rings. The monoisotopic (exact) mass is 722 g/mol. The van der Waals surface area contributed by atoms with Gasteiger partial charge in [0.15, 0.2) is 20.6 Å². The number of para-hydroxylation sites is 2. The molecule has 2 fully saturated rings. The van der Waals surface area contributed by atoms with Crippen molar-refractivity contribution in [2.75, 3.05) is 49.6 Å². The highest BCUT2D eigenvalue weighted by Crippen LogP contribution is 2.49. The lowest BCUT2D eigenvalue weighted by Gasteiger charge is -2.34. The Morgan fingerprint density at radius 3 is 1.59 bits per heavy atom. The zero-order valence-electron chi connectivity index (χ0n) is 28.5. The Kier molecular flexibility index (Phi) is 8.08. The first-order valence-corrected chi connectivity index (χ1v) is 20.9. The van der Waals surface area contributed by atoms with E-state index < -0.39 is 30.4 Å². The summed E-state index contributed by atoms with van der Waals surface area (Å²) in [5.41, 5.74) is 6.92. The van der Waals surface area contributed by atoms with Crippen LogP contribution in [-0.4, -0.2) is 90.6 Å². The van der Waals surface area contributed by atoms with Gasteiger partial charge in [-0.15, -0.1) is 0 Å². The number of likely N-dealkylation sites (N-methyl/N-ethyl adjacent to an activating group) is 1. The third-order valence-electron chi connectivity index (χ3n) is 11.6. The number of anilines is 4. The highest BCUT2D eigenvalue weighted by molar-refractivity contribution is 7.93. The number of fused-ring (bicyclic) bond motifs is 6.